The minimum atomic E-state index is -1.04. The monoisotopic (exact) mass is 310 g/mol. The topological polar surface area (TPSA) is 118 Å². The van der Waals surface area contributed by atoms with E-state index in [0.29, 0.717) is 11.3 Å². The summed E-state index contributed by atoms with van der Waals surface area (Å²) in [7, 11) is 0. The van der Waals surface area contributed by atoms with Gasteiger partial charge in [-0.05, 0) is 41.6 Å². The fourth-order valence-corrected chi connectivity index (χ4v) is 1.97. The highest BCUT2D eigenvalue weighted by Crippen LogP contribution is 2.16. The third-order valence-electron chi connectivity index (χ3n) is 3.13. The first-order valence-corrected chi connectivity index (χ1v) is 6.52. The van der Waals surface area contributed by atoms with Crippen molar-refractivity contribution in [1.29, 1.82) is 0 Å². The van der Waals surface area contributed by atoms with E-state index in [1.54, 1.807) is 24.3 Å². The standard InChI is InChI=1S/C15H10N4O4/c20-14(21)9-4-6-12(7-5-9)19-17-13(16-18-19)10-2-1-3-11(8-10)15(22)23/h1-8H,(H,20,21)(H,22,23). The number of rotatable bonds is 4. The van der Waals surface area contributed by atoms with Crippen molar-refractivity contribution in [3.63, 3.8) is 0 Å². The van der Waals surface area contributed by atoms with Crippen LogP contribution in [0.2, 0.25) is 0 Å². The molecule has 0 aliphatic carbocycles. The van der Waals surface area contributed by atoms with Crippen LogP contribution in [0.3, 0.4) is 0 Å². The zero-order valence-electron chi connectivity index (χ0n) is 11.6. The van der Waals surface area contributed by atoms with E-state index in [9.17, 15) is 9.59 Å². The molecule has 0 amide bonds. The molecule has 0 bridgehead atoms. The average Bonchev–Trinajstić information content (AvgIpc) is 3.05. The van der Waals surface area contributed by atoms with Crippen LogP contribution >= 0.6 is 0 Å². The second kappa shape index (κ2) is 5.68. The second-order valence-electron chi connectivity index (χ2n) is 4.64. The maximum atomic E-state index is 11.0. The maximum Gasteiger partial charge on any atom is 0.335 e. The Balaban J connectivity index is 1.92. The highest BCUT2D eigenvalue weighted by atomic mass is 16.4. The van der Waals surface area contributed by atoms with Gasteiger partial charge in [-0.3, -0.25) is 0 Å². The molecule has 0 unspecified atom stereocenters. The largest absolute Gasteiger partial charge is 0.478 e. The Morgan fingerprint density at radius 3 is 2.26 bits per heavy atom. The summed E-state index contributed by atoms with van der Waals surface area (Å²) in [6.45, 7) is 0. The maximum absolute atomic E-state index is 11.0. The molecule has 0 saturated heterocycles. The van der Waals surface area contributed by atoms with Gasteiger partial charge in [-0.2, -0.15) is 0 Å². The molecule has 3 aromatic rings. The highest BCUT2D eigenvalue weighted by Gasteiger charge is 2.11. The molecule has 0 radical (unpaired) electrons. The van der Waals surface area contributed by atoms with Gasteiger partial charge in [0.1, 0.15) is 0 Å². The molecule has 8 heteroatoms. The predicted octanol–water partition coefficient (Wildman–Crippen LogP) is 1.73. The molecule has 2 N–H and O–H groups in total. The highest BCUT2D eigenvalue weighted by molar-refractivity contribution is 5.89. The van der Waals surface area contributed by atoms with Gasteiger partial charge in [0, 0.05) is 5.56 Å². The Hall–Kier alpha value is -3.55. The SMILES string of the molecule is O=C(O)c1ccc(-n2nnc(-c3cccc(C(=O)O)c3)n2)cc1. The first kappa shape index (κ1) is 14.4. The quantitative estimate of drug-likeness (QED) is 0.753. The molecule has 8 nitrogen and oxygen atoms in total. The lowest BCUT2D eigenvalue weighted by Gasteiger charge is -1.99. The summed E-state index contributed by atoms with van der Waals surface area (Å²) in [6, 6.07) is 12.2. The normalized spacial score (nSPS) is 10.4. The van der Waals surface area contributed by atoms with E-state index in [1.165, 1.54) is 29.1 Å². The van der Waals surface area contributed by atoms with Crippen LogP contribution in [-0.4, -0.2) is 42.4 Å². The first-order valence-electron chi connectivity index (χ1n) is 6.52. The second-order valence-corrected chi connectivity index (χ2v) is 4.64. The number of aromatic carboxylic acids is 2. The van der Waals surface area contributed by atoms with E-state index in [0.717, 1.165) is 0 Å². The lowest BCUT2D eigenvalue weighted by molar-refractivity contribution is 0.0686. The van der Waals surface area contributed by atoms with E-state index < -0.39 is 11.9 Å². The van der Waals surface area contributed by atoms with Gasteiger partial charge < -0.3 is 10.2 Å². The minimum Gasteiger partial charge on any atom is -0.478 e. The van der Waals surface area contributed by atoms with Gasteiger partial charge in [-0.25, -0.2) is 9.59 Å². The van der Waals surface area contributed by atoms with Crippen molar-refractivity contribution < 1.29 is 19.8 Å². The molecule has 0 saturated carbocycles. The lowest BCUT2D eigenvalue weighted by atomic mass is 10.1. The van der Waals surface area contributed by atoms with Crippen molar-refractivity contribution in [2.24, 2.45) is 0 Å². The molecule has 23 heavy (non-hydrogen) atoms. The predicted molar refractivity (Wildman–Crippen MR) is 78.5 cm³/mol. The van der Waals surface area contributed by atoms with Crippen molar-refractivity contribution in [1.82, 2.24) is 20.2 Å². The van der Waals surface area contributed by atoms with Crippen LogP contribution in [0.15, 0.2) is 48.5 Å². The van der Waals surface area contributed by atoms with E-state index in [2.05, 4.69) is 15.4 Å². The van der Waals surface area contributed by atoms with Gasteiger partial charge >= 0.3 is 11.9 Å². The van der Waals surface area contributed by atoms with Gasteiger partial charge in [-0.15, -0.1) is 15.0 Å². The smallest absolute Gasteiger partial charge is 0.335 e. The van der Waals surface area contributed by atoms with E-state index in [1.807, 2.05) is 0 Å². The molecule has 2 aromatic carbocycles. The molecular formula is C15H10N4O4. The zero-order valence-corrected chi connectivity index (χ0v) is 11.6. The summed E-state index contributed by atoms with van der Waals surface area (Å²) in [4.78, 5) is 23.1. The van der Waals surface area contributed by atoms with Crippen molar-refractivity contribution in [2.75, 3.05) is 0 Å². The van der Waals surface area contributed by atoms with Crippen molar-refractivity contribution in [2.45, 2.75) is 0 Å². The number of nitrogens with zero attached hydrogens (tertiary/aromatic N) is 4. The number of hydrogen-bond donors (Lipinski definition) is 2. The third-order valence-corrected chi connectivity index (χ3v) is 3.13. The summed E-state index contributed by atoms with van der Waals surface area (Å²) in [5.41, 5.74) is 1.36. The van der Waals surface area contributed by atoms with Gasteiger partial charge in [0.05, 0.1) is 16.8 Å². The van der Waals surface area contributed by atoms with Crippen LogP contribution in [-0.2, 0) is 0 Å². The third kappa shape index (κ3) is 2.91. The molecule has 1 heterocycles. The summed E-state index contributed by atoms with van der Waals surface area (Å²) in [5, 5.41) is 29.8. The van der Waals surface area contributed by atoms with Gasteiger partial charge in [0.25, 0.3) is 0 Å². The van der Waals surface area contributed by atoms with Crippen LogP contribution in [0.5, 0.6) is 0 Å². The van der Waals surface area contributed by atoms with Crippen molar-refractivity contribution in [3.05, 3.63) is 59.7 Å². The Labute approximate surface area is 129 Å². The van der Waals surface area contributed by atoms with Crippen LogP contribution in [0.4, 0.5) is 0 Å². The van der Waals surface area contributed by atoms with Gasteiger partial charge in [0.2, 0.25) is 5.82 Å². The number of carboxylic acids is 2. The molecule has 3 rings (SSSR count). The molecule has 0 aliphatic heterocycles. The summed E-state index contributed by atoms with van der Waals surface area (Å²) < 4.78 is 0. The zero-order chi connectivity index (χ0) is 16.4. The molecule has 0 fully saturated rings. The average molecular weight is 310 g/mol. The van der Waals surface area contributed by atoms with Gasteiger partial charge in [0.15, 0.2) is 0 Å². The first-order chi connectivity index (χ1) is 11.0. The van der Waals surface area contributed by atoms with Crippen LogP contribution < -0.4 is 0 Å². The molecule has 0 aliphatic rings. The van der Waals surface area contributed by atoms with Crippen molar-refractivity contribution >= 4 is 11.9 Å². The van der Waals surface area contributed by atoms with Gasteiger partial charge in [-0.1, -0.05) is 12.1 Å². The summed E-state index contributed by atoms with van der Waals surface area (Å²) in [5.74, 6) is -1.78. The Morgan fingerprint density at radius 1 is 0.913 bits per heavy atom. The van der Waals surface area contributed by atoms with E-state index >= 15 is 0 Å². The molecule has 0 atom stereocenters. The molecule has 114 valence electrons. The van der Waals surface area contributed by atoms with E-state index in [4.69, 9.17) is 10.2 Å². The number of benzene rings is 2. The van der Waals surface area contributed by atoms with Crippen molar-refractivity contribution in [3.8, 4) is 17.1 Å². The number of carboxylic acid groups (broad SMARTS) is 2. The van der Waals surface area contributed by atoms with Crippen LogP contribution in [0.1, 0.15) is 20.7 Å². The number of tetrazole rings is 1. The lowest BCUT2D eigenvalue weighted by Crippen LogP contribution is -2.01. The molecule has 0 spiro atoms. The summed E-state index contributed by atoms with van der Waals surface area (Å²) >= 11 is 0. The number of hydrogen-bond acceptors (Lipinski definition) is 5. The molecular weight excluding hydrogens is 300 g/mol. The number of carbonyl (C=O) groups is 2. The van der Waals surface area contributed by atoms with E-state index in [-0.39, 0.29) is 17.0 Å². The molecule has 1 aromatic heterocycles. The fourth-order valence-electron chi connectivity index (χ4n) is 1.97. The fraction of sp³-hybridized carbons (Fsp3) is 0. The number of aromatic nitrogens is 4. The Bertz CT molecular complexity index is 887. The van der Waals surface area contributed by atoms with Crippen LogP contribution in [0.25, 0.3) is 17.1 Å². The Morgan fingerprint density at radius 2 is 1.61 bits per heavy atom. The summed E-state index contributed by atoms with van der Waals surface area (Å²) in [6.07, 6.45) is 0. The minimum absolute atomic E-state index is 0.129. The Kier molecular flexibility index (Phi) is 3.55. The van der Waals surface area contributed by atoms with Crippen LogP contribution in [0, 0.1) is 0 Å².